The van der Waals surface area contributed by atoms with Crippen LogP contribution in [0.2, 0.25) is 0 Å². The fourth-order valence-electron chi connectivity index (χ4n) is 1.93. The minimum atomic E-state index is -0.592. The summed E-state index contributed by atoms with van der Waals surface area (Å²) in [6.45, 7) is 10.1. The lowest BCUT2D eigenvalue weighted by molar-refractivity contribution is 0.0411. The second-order valence-electron chi connectivity index (χ2n) is 5.65. The van der Waals surface area contributed by atoms with Gasteiger partial charge in [0.2, 0.25) is 0 Å². The maximum Gasteiger partial charge on any atom is 0.0594 e. The SMILES string of the molecule is CC(CC(C)(C)O)CC(C)(C)CO. The van der Waals surface area contributed by atoms with Gasteiger partial charge in [-0.3, -0.25) is 0 Å². The lowest BCUT2D eigenvalue weighted by atomic mass is 9.80. The molecular weight excluding hydrogens is 164 g/mol. The van der Waals surface area contributed by atoms with E-state index in [0.717, 1.165) is 12.8 Å². The van der Waals surface area contributed by atoms with E-state index in [9.17, 15) is 5.11 Å². The number of hydrogen-bond acceptors (Lipinski definition) is 2. The van der Waals surface area contributed by atoms with Gasteiger partial charge < -0.3 is 10.2 Å². The third-order valence-corrected chi connectivity index (χ3v) is 2.18. The molecule has 2 nitrogen and oxygen atoms in total. The van der Waals surface area contributed by atoms with Crippen LogP contribution in [0.25, 0.3) is 0 Å². The normalized spacial score (nSPS) is 15.9. The van der Waals surface area contributed by atoms with E-state index >= 15 is 0 Å². The molecule has 0 radical (unpaired) electrons. The lowest BCUT2D eigenvalue weighted by Crippen LogP contribution is -2.26. The lowest BCUT2D eigenvalue weighted by Gasteiger charge is -2.29. The Hall–Kier alpha value is -0.0800. The molecule has 0 aromatic carbocycles. The van der Waals surface area contributed by atoms with Crippen LogP contribution in [0.15, 0.2) is 0 Å². The largest absolute Gasteiger partial charge is 0.396 e. The van der Waals surface area contributed by atoms with Crippen molar-refractivity contribution in [2.45, 2.75) is 53.1 Å². The average Bonchev–Trinajstić information content (AvgIpc) is 1.81. The molecule has 0 aliphatic carbocycles. The second-order valence-corrected chi connectivity index (χ2v) is 5.65. The molecule has 0 aromatic rings. The Morgan fingerprint density at radius 2 is 1.54 bits per heavy atom. The molecule has 0 rings (SSSR count). The smallest absolute Gasteiger partial charge is 0.0594 e. The van der Waals surface area contributed by atoms with E-state index in [1.54, 1.807) is 0 Å². The minimum Gasteiger partial charge on any atom is -0.396 e. The Morgan fingerprint density at radius 3 is 1.85 bits per heavy atom. The van der Waals surface area contributed by atoms with Gasteiger partial charge in [-0.05, 0) is 38.0 Å². The molecule has 0 spiro atoms. The Labute approximate surface area is 82.0 Å². The fraction of sp³-hybridized carbons (Fsp3) is 1.00. The summed E-state index contributed by atoms with van der Waals surface area (Å²) in [5.74, 6) is 0.446. The Morgan fingerprint density at radius 1 is 1.08 bits per heavy atom. The van der Waals surface area contributed by atoms with Crippen molar-refractivity contribution in [3.05, 3.63) is 0 Å². The maximum atomic E-state index is 9.60. The predicted molar refractivity (Wildman–Crippen MR) is 55.6 cm³/mol. The highest BCUT2D eigenvalue weighted by Crippen LogP contribution is 2.29. The summed E-state index contributed by atoms with van der Waals surface area (Å²) < 4.78 is 0. The van der Waals surface area contributed by atoms with E-state index < -0.39 is 5.60 Å². The van der Waals surface area contributed by atoms with Gasteiger partial charge in [-0.1, -0.05) is 20.8 Å². The molecule has 0 saturated heterocycles. The van der Waals surface area contributed by atoms with Gasteiger partial charge >= 0.3 is 0 Å². The molecule has 0 heterocycles. The molecule has 0 aliphatic rings. The molecule has 0 saturated carbocycles. The van der Waals surface area contributed by atoms with Crippen LogP contribution in [-0.2, 0) is 0 Å². The maximum absolute atomic E-state index is 9.60. The molecule has 13 heavy (non-hydrogen) atoms. The fourth-order valence-corrected chi connectivity index (χ4v) is 1.93. The first kappa shape index (κ1) is 12.9. The van der Waals surface area contributed by atoms with E-state index in [1.807, 2.05) is 27.7 Å². The zero-order valence-corrected chi connectivity index (χ0v) is 9.59. The van der Waals surface area contributed by atoms with Crippen molar-refractivity contribution in [3.8, 4) is 0 Å². The summed E-state index contributed by atoms with van der Waals surface area (Å²) in [6, 6.07) is 0. The molecule has 0 bridgehead atoms. The summed E-state index contributed by atoms with van der Waals surface area (Å²) in [5, 5.41) is 18.7. The van der Waals surface area contributed by atoms with Crippen molar-refractivity contribution < 1.29 is 10.2 Å². The van der Waals surface area contributed by atoms with Crippen LogP contribution in [0.1, 0.15) is 47.5 Å². The van der Waals surface area contributed by atoms with Crippen molar-refractivity contribution in [2.24, 2.45) is 11.3 Å². The highest BCUT2D eigenvalue weighted by atomic mass is 16.3. The van der Waals surface area contributed by atoms with Crippen molar-refractivity contribution in [2.75, 3.05) is 6.61 Å². The van der Waals surface area contributed by atoms with Crippen molar-refractivity contribution in [1.82, 2.24) is 0 Å². The molecule has 2 heteroatoms. The number of hydrogen-bond donors (Lipinski definition) is 2. The van der Waals surface area contributed by atoms with Gasteiger partial charge in [-0.15, -0.1) is 0 Å². The third kappa shape index (κ3) is 7.03. The number of rotatable bonds is 5. The first-order valence-corrected chi connectivity index (χ1v) is 4.99. The standard InChI is InChI=1S/C11H24O2/c1-9(7-11(4,5)13)6-10(2,3)8-12/h9,12-13H,6-8H2,1-5H3. The summed E-state index contributed by atoms with van der Waals surface area (Å²) >= 11 is 0. The monoisotopic (exact) mass is 188 g/mol. The van der Waals surface area contributed by atoms with Gasteiger partial charge in [0.25, 0.3) is 0 Å². The van der Waals surface area contributed by atoms with Gasteiger partial charge in [0.15, 0.2) is 0 Å². The van der Waals surface area contributed by atoms with Crippen LogP contribution >= 0.6 is 0 Å². The van der Waals surface area contributed by atoms with E-state index in [4.69, 9.17) is 5.11 Å². The Kier molecular flexibility index (Phi) is 4.40. The molecule has 0 amide bonds. The van der Waals surface area contributed by atoms with E-state index in [2.05, 4.69) is 6.92 Å². The molecule has 1 unspecified atom stereocenters. The summed E-state index contributed by atoms with van der Waals surface area (Å²) in [6.07, 6.45) is 1.74. The molecule has 0 fully saturated rings. The molecule has 1 atom stereocenters. The van der Waals surface area contributed by atoms with Gasteiger partial charge in [-0.25, -0.2) is 0 Å². The van der Waals surface area contributed by atoms with Crippen molar-refractivity contribution in [3.63, 3.8) is 0 Å². The summed E-state index contributed by atoms with van der Waals surface area (Å²) in [7, 11) is 0. The van der Waals surface area contributed by atoms with Crippen LogP contribution in [-0.4, -0.2) is 22.4 Å². The first-order chi connectivity index (χ1) is 5.66. The van der Waals surface area contributed by atoms with Gasteiger partial charge in [0.05, 0.1) is 5.60 Å². The van der Waals surface area contributed by atoms with Crippen LogP contribution in [0.5, 0.6) is 0 Å². The van der Waals surface area contributed by atoms with Gasteiger partial charge in [-0.2, -0.15) is 0 Å². The van der Waals surface area contributed by atoms with Crippen molar-refractivity contribution in [1.29, 1.82) is 0 Å². The number of aliphatic hydroxyl groups is 2. The molecule has 80 valence electrons. The molecule has 2 N–H and O–H groups in total. The average molecular weight is 188 g/mol. The van der Waals surface area contributed by atoms with Gasteiger partial charge in [0, 0.05) is 6.61 Å². The van der Waals surface area contributed by atoms with Crippen LogP contribution in [0.4, 0.5) is 0 Å². The van der Waals surface area contributed by atoms with Gasteiger partial charge in [0.1, 0.15) is 0 Å². The summed E-state index contributed by atoms with van der Waals surface area (Å²) in [4.78, 5) is 0. The Balaban J connectivity index is 3.94. The Bertz CT molecular complexity index is 145. The highest BCUT2D eigenvalue weighted by Gasteiger charge is 2.24. The molecular formula is C11H24O2. The zero-order valence-electron chi connectivity index (χ0n) is 9.59. The van der Waals surface area contributed by atoms with Crippen LogP contribution < -0.4 is 0 Å². The van der Waals surface area contributed by atoms with Crippen LogP contribution in [0, 0.1) is 11.3 Å². The summed E-state index contributed by atoms with van der Waals surface area (Å²) in [5.41, 5.74) is -0.615. The molecule has 0 aliphatic heterocycles. The number of aliphatic hydroxyl groups excluding tert-OH is 1. The first-order valence-electron chi connectivity index (χ1n) is 4.99. The second kappa shape index (κ2) is 4.43. The highest BCUT2D eigenvalue weighted by molar-refractivity contribution is 4.75. The van der Waals surface area contributed by atoms with Crippen molar-refractivity contribution >= 4 is 0 Å². The minimum absolute atomic E-state index is 0.0231. The van der Waals surface area contributed by atoms with E-state index in [1.165, 1.54) is 0 Å². The topological polar surface area (TPSA) is 40.5 Å². The predicted octanol–water partition coefficient (Wildman–Crippen LogP) is 2.19. The van der Waals surface area contributed by atoms with E-state index in [-0.39, 0.29) is 12.0 Å². The van der Waals surface area contributed by atoms with Crippen LogP contribution in [0.3, 0.4) is 0 Å². The quantitative estimate of drug-likeness (QED) is 0.694. The zero-order chi connectivity index (χ0) is 10.7. The molecule has 0 aromatic heterocycles. The van der Waals surface area contributed by atoms with E-state index in [0.29, 0.717) is 5.92 Å². The third-order valence-electron chi connectivity index (χ3n) is 2.18.